The maximum atomic E-state index is 12.4. The molecule has 1 heterocycles. The third kappa shape index (κ3) is 4.17. The molecule has 0 aliphatic heterocycles. The van der Waals surface area contributed by atoms with Crippen LogP contribution in [-0.2, 0) is 4.74 Å². The summed E-state index contributed by atoms with van der Waals surface area (Å²) >= 11 is 0. The highest BCUT2D eigenvalue weighted by atomic mass is 16.5. The third-order valence-corrected chi connectivity index (χ3v) is 3.05. The quantitative estimate of drug-likeness (QED) is 0.808. The number of nitrogens with one attached hydrogen (secondary N) is 1. The van der Waals surface area contributed by atoms with Gasteiger partial charge in [0.2, 0.25) is 0 Å². The van der Waals surface area contributed by atoms with Crippen LogP contribution < -0.4 is 5.32 Å². The molecular weight excluding hydrogens is 244 g/mol. The Morgan fingerprint density at radius 2 is 2.21 bits per heavy atom. The zero-order valence-corrected chi connectivity index (χ0v) is 12.0. The van der Waals surface area contributed by atoms with Crippen molar-refractivity contribution in [3.05, 3.63) is 18.1 Å². The van der Waals surface area contributed by atoms with Crippen molar-refractivity contribution in [3.8, 4) is 0 Å². The number of hydrogen-bond acceptors (Lipinski definition) is 5. The predicted octanol–water partition coefficient (Wildman–Crippen LogP) is 1.41. The number of nitrogens with zero attached hydrogens (tertiary/aromatic N) is 3. The van der Waals surface area contributed by atoms with E-state index in [-0.39, 0.29) is 11.9 Å². The van der Waals surface area contributed by atoms with Gasteiger partial charge in [0.25, 0.3) is 5.91 Å². The fourth-order valence-corrected chi connectivity index (χ4v) is 1.65. The van der Waals surface area contributed by atoms with Crippen molar-refractivity contribution < 1.29 is 9.53 Å². The minimum Gasteiger partial charge on any atom is -0.383 e. The van der Waals surface area contributed by atoms with E-state index in [1.54, 1.807) is 25.3 Å². The number of amides is 1. The topological polar surface area (TPSA) is 67.3 Å². The van der Waals surface area contributed by atoms with Gasteiger partial charge in [0.15, 0.2) is 0 Å². The SMILES string of the molecule is CCC(C)N(CCOC)C(=O)c1cnc(NC)cn1. The first-order valence-corrected chi connectivity index (χ1v) is 6.43. The Hall–Kier alpha value is -1.69. The fraction of sp³-hybridized carbons (Fsp3) is 0.615. The van der Waals surface area contributed by atoms with Gasteiger partial charge < -0.3 is 15.0 Å². The molecule has 1 unspecified atom stereocenters. The monoisotopic (exact) mass is 266 g/mol. The lowest BCUT2D eigenvalue weighted by Gasteiger charge is -2.27. The van der Waals surface area contributed by atoms with Gasteiger partial charge in [-0.05, 0) is 13.3 Å². The van der Waals surface area contributed by atoms with E-state index in [2.05, 4.69) is 15.3 Å². The first kappa shape index (κ1) is 15.4. The van der Waals surface area contributed by atoms with E-state index in [0.29, 0.717) is 24.7 Å². The van der Waals surface area contributed by atoms with E-state index in [4.69, 9.17) is 4.74 Å². The van der Waals surface area contributed by atoms with Crippen molar-refractivity contribution in [1.82, 2.24) is 14.9 Å². The van der Waals surface area contributed by atoms with Crippen LogP contribution in [0.5, 0.6) is 0 Å². The van der Waals surface area contributed by atoms with Gasteiger partial charge in [0.1, 0.15) is 11.5 Å². The maximum absolute atomic E-state index is 12.4. The number of ether oxygens (including phenoxy) is 1. The summed E-state index contributed by atoms with van der Waals surface area (Å²) in [6.07, 6.45) is 3.94. The first-order chi connectivity index (χ1) is 9.13. The molecule has 1 rings (SSSR count). The predicted molar refractivity (Wildman–Crippen MR) is 74.2 cm³/mol. The molecule has 19 heavy (non-hydrogen) atoms. The third-order valence-electron chi connectivity index (χ3n) is 3.05. The summed E-state index contributed by atoms with van der Waals surface area (Å²) in [6.45, 7) is 5.13. The molecule has 1 amide bonds. The Bertz CT molecular complexity index is 394. The van der Waals surface area contributed by atoms with Gasteiger partial charge >= 0.3 is 0 Å². The number of aromatic nitrogens is 2. The second-order valence-corrected chi connectivity index (χ2v) is 4.29. The molecule has 0 radical (unpaired) electrons. The lowest BCUT2D eigenvalue weighted by atomic mass is 10.2. The van der Waals surface area contributed by atoms with Gasteiger partial charge in [-0.15, -0.1) is 0 Å². The summed E-state index contributed by atoms with van der Waals surface area (Å²) in [4.78, 5) is 22.4. The van der Waals surface area contributed by atoms with Crippen LogP contribution in [-0.4, -0.2) is 54.1 Å². The van der Waals surface area contributed by atoms with E-state index in [1.165, 1.54) is 6.20 Å². The minimum absolute atomic E-state index is 0.110. The van der Waals surface area contributed by atoms with Gasteiger partial charge in [0.05, 0.1) is 19.0 Å². The lowest BCUT2D eigenvalue weighted by molar-refractivity contribution is 0.0607. The second-order valence-electron chi connectivity index (χ2n) is 4.29. The van der Waals surface area contributed by atoms with Gasteiger partial charge in [-0.1, -0.05) is 6.92 Å². The molecule has 0 aromatic carbocycles. The minimum atomic E-state index is -0.110. The molecule has 0 aliphatic carbocycles. The molecule has 1 aromatic rings. The lowest BCUT2D eigenvalue weighted by Crippen LogP contribution is -2.40. The van der Waals surface area contributed by atoms with Crippen LogP contribution in [0, 0.1) is 0 Å². The summed E-state index contributed by atoms with van der Waals surface area (Å²) in [7, 11) is 3.39. The molecule has 0 bridgehead atoms. The number of methoxy groups -OCH3 is 1. The molecule has 0 saturated heterocycles. The zero-order valence-electron chi connectivity index (χ0n) is 12.0. The highest BCUT2D eigenvalue weighted by molar-refractivity contribution is 5.92. The van der Waals surface area contributed by atoms with Crippen molar-refractivity contribution in [2.24, 2.45) is 0 Å². The standard InChI is InChI=1S/C13H22N4O2/c1-5-10(2)17(6-7-19-4)13(18)11-8-16-12(14-3)9-15-11/h8-10H,5-7H2,1-4H3,(H,14,16). The normalized spacial score (nSPS) is 12.0. The van der Waals surface area contributed by atoms with Crippen LogP contribution in [0.25, 0.3) is 0 Å². The molecular formula is C13H22N4O2. The number of hydrogen-bond donors (Lipinski definition) is 1. The molecule has 0 aliphatic rings. The second kappa shape index (κ2) is 7.68. The Labute approximate surface area is 114 Å². The summed E-state index contributed by atoms with van der Waals surface area (Å²) in [6, 6.07) is 0.147. The summed E-state index contributed by atoms with van der Waals surface area (Å²) in [5.41, 5.74) is 0.357. The van der Waals surface area contributed by atoms with Crippen LogP contribution >= 0.6 is 0 Å². The van der Waals surface area contributed by atoms with Crippen molar-refractivity contribution >= 4 is 11.7 Å². The molecule has 1 N–H and O–H groups in total. The van der Waals surface area contributed by atoms with E-state index in [0.717, 1.165) is 6.42 Å². The van der Waals surface area contributed by atoms with Crippen LogP contribution in [0.15, 0.2) is 12.4 Å². The number of carbonyl (C=O) groups excluding carboxylic acids is 1. The van der Waals surface area contributed by atoms with E-state index in [9.17, 15) is 4.79 Å². The molecule has 0 fully saturated rings. The van der Waals surface area contributed by atoms with Crippen LogP contribution in [0.4, 0.5) is 5.82 Å². The first-order valence-electron chi connectivity index (χ1n) is 6.43. The molecule has 1 atom stereocenters. The van der Waals surface area contributed by atoms with Gasteiger partial charge in [-0.3, -0.25) is 4.79 Å². The fourth-order valence-electron chi connectivity index (χ4n) is 1.65. The van der Waals surface area contributed by atoms with Crippen molar-refractivity contribution in [1.29, 1.82) is 0 Å². The molecule has 106 valence electrons. The summed E-state index contributed by atoms with van der Waals surface area (Å²) < 4.78 is 5.05. The van der Waals surface area contributed by atoms with Gasteiger partial charge in [-0.2, -0.15) is 0 Å². The summed E-state index contributed by atoms with van der Waals surface area (Å²) in [5, 5.41) is 2.87. The van der Waals surface area contributed by atoms with E-state index >= 15 is 0 Å². The highest BCUT2D eigenvalue weighted by Crippen LogP contribution is 2.09. The molecule has 0 spiro atoms. The van der Waals surface area contributed by atoms with Crippen LogP contribution in [0.2, 0.25) is 0 Å². The zero-order chi connectivity index (χ0) is 14.3. The number of carbonyl (C=O) groups is 1. The molecule has 0 saturated carbocycles. The van der Waals surface area contributed by atoms with Crippen molar-refractivity contribution in [2.75, 3.05) is 32.6 Å². The van der Waals surface area contributed by atoms with Crippen LogP contribution in [0.3, 0.4) is 0 Å². The highest BCUT2D eigenvalue weighted by Gasteiger charge is 2.21. The molecule has 6 heteroatoms. The Kier molecular flexibility index (Phi) is 6.21. The van der Waals surface area contributed by atoms with Crippen molar-refractivity contribution in [3.63, 3.8) is 0 Å². The number of rotatable bonds is 7. The largest absolute Gasteiger partial charge is 0.383 e. The average Bonchev–Trinajstić information content (AvgIpc) is 2.47. The number of anilines is 1. The Morgan fingerprint density at radius 3 is 2.68 bits per heavy atom. The molecule has 1 aromatic heterocycles. The summed E-state index contributed by atoms with van der Waals surface area (Å²) in [5.74, 6) is 0.532. The van der Waals surface area contributed by atoms with E-state index < -0.39 is 0 Å². The van der Waals surface area contributed by atoms with Crippen LogP contribution in [0.1, 0.15) is 30.8 Å². The van der Waals surface area contributed by atoms with E-state index in [1.807, 2.05) is 13.8 Å². The Balaban J connectivity index is 2.84. The maximum Gasteiger partial charge on any atom is 0.274 e. The average molecular weight is 266 g/mol. The van der Waals surface area contributed by atoms with Gasteiger partial charge in [-0.25, -0.2) is 9.97 Å². The van der Waals surface area contributed by atoms with Crippen molar-refractivity contribution in [2.45, 2.75) is 26.3 Å². The smallest absolute Gasteiger partial charge is 0.274 e. The van der Waals surface area contributed by atoms with Gasteiger partial charge in [0, 0.05) is 26.7 Å². The Morgan fingerprint density at radius 1 is 1.47 bits per heavy atom. The molecule has 6 nitrogen and oxygen atoms in total.